The Kier molecular flexibility index (Phi) is 4.17. The van der Waals surface area contributed by atoms with Crippen LogP contribution in [0.1, 0.15) is 62.3 Å². The highest BCUT2D eigenvalue weighted by atomic mass is 16.5. The van der Waals surface area contributed by atoms with E-state index in [0.29, 0.717) is 17.6 Å². The molecular formula is C15H23N3O2. The van der Waals surface area contributed by atoms with Gasteiger partial charge in [0.25, 0.3) is 0 Å². The monoisotopic (exact) mass is 277 g/mol. The van der Waals surface area contributed by atoms with Crippen LogP contribution in [0.15, 0.2) is 16.7 Å². The number of methoxy groups -OCH3 is 1. The fourth-order valence-electron chi connectivity index (χ4n) is 3.37. The summed E-state index contributed by atoms with van der Waals surface area (Å²) in [6.07, 6.45) is 11.1. The van der Waals surface area contributed by atoms with E-state index >= 15 is 0 Å². The zero-order valence-electron chi connectivity index (χ0n) is 12.0. The Morgan fingerprint density at radius 2 is 2.10 bits per heavy atom. The average molecular weight is 277 g/mol. The topological polar surface area (TPSA) is 74.2 Å². The van der Waals surface area contributed by atoms with Crippen molar-refractivity contribution in [1.29, 1.82) is 0 Å². The molecule has 0 saturated heterocycles. The first-order valence-electron chi connectivity index (χ1n) is 7.58. The largest absolute Gasteiger partial charge is 0.373 e. The third kappa shape index (κ3) is 2.79. The summed E-state index contributed by atoms with van der Waals surface area (Å²) in [5, 5.41) is 4.15. The highest BCUT2D eigenvalue weighted by Crippen LogP contribution is 2.36. The average Bonchev–Trinajstić information content (AvgIpc) is 3.10. The van der Waals surface area contributed by atoms with E-state index in [4.69, 9.17) is 15.0 Å². The molecule has 3 unspecified atom stereocenters. The lowest BCUT2D eigenvalue weighted by atomic mass is 9.85. The first-order chi connectivity index (χ1) is 9.78. The Balaban J connectivity index is 1.72. The van der Waals surface area contributed by atoms with Gasteiger partial charge in [0.05, 0.1) is 5.92 Å². The van der Waals surface area contributed by atoms with Gasteiger partial charge in [0.2, 0.25) is 11.7 Å². The summed E-state index contributed by atoms with van der Waals surface area (Å²) in [4.78, 5) is 4.56. The van der Waals surface area contributed by atoms with Gasteiger partial charge in [-0.25, -0.2) is 0 Å². The molecule has 1 aromatic heterocycles. The molecule has 20 heavy (non-hydrogen) atoms. The molecule has 0 radical (unpaired) electrons. The van der Waals surface area contributed by atoms with E-state index in [2.05, 4.69) is 16.2 Å². The van der Waals surface area contributed by atoms with Crippen LogP contribution in [-0.2, 0) is 4.74 Å². The van der Waals surface area contributed by atoms with Crippen LogP contribution in [0.25, 0.3) is 0 Å². The van der Waals surface area contributed by atoms with Crippen LogP contribution >= 0.6 is 0 Å². The zero-order valence-corrected chi connectivity index (χ0v) is 12.0. The van der Waals surface area contributed by atoms with Crippen LogP contribution in [0, 0.1) is 5.92 Å². The molecule has 1 aromatic rings. The van der Waals surface area contributed by atoms with Gasteiger partial charge in [-0.3, -0.25) is 0 Å². The highest BCUT2D eigenvalue weighted by Gasteiger charge is 2.30. The predicted octanol–water partition coefficient (Wildman–Crippen LogP) is 2.71. The molecule has 1 fully saturated rings. The molecule has 110 valence electrons. The molecule has 2 N–H and O–H groups in total. The number of nitrogens with two attached hydrogens (primary N) is 1. The molecule has 2 aliphatic carbocycles. The van der Waals surface area contributed by atoms with E-state index in [-0.39, 0.29) is 18.1 Å². The van der Waals surface area contributed by atoms with Crippen molar-refractivity contribution < 1.29 is 9.26 Å². The molecule has 5 nitrogen and oxygen atoms in total. The highest BCUT2D eigenvalue weighted by molar-refractivity contribution is 5.15. The van der Waals surface area contributed by atoms with Crippen molar-refractivity contribution in [3.8, 4) is 0 Å². The van der Waals surface area contributed by atoms with E-state index in [9.17, 15) is 0 Å². The van der Waals surface area contributed by atoms with Gasteiger partial charge in [0.1, 0.15) is 6.10 Å². The molecule has 0 aliphatic heterocycles. The van der Waals surface area contributed by atoms with Crippen molar-refractivity contribution in [2.75, 3.05) is 7.11 Å². The van der Waals surface area contributed by atoms with E-state index in [1.165, 1.54) is 32.1 Å². The summed E-state index contributed by atoms with van der Waals surface area (Å²) in [7, 11) is 1.74. The van der Waals surface area contributed by atoms with Crippen molar-refractivity contribution in [2.24, 2.45) is 11.7 Å². The number of aromatic nitrogens is 2. The number of hydrogen-bond acceptors (Lipinski definition) is 5. The molecule has 1 heterocycles. The summed E-state index contributed by atoms with van der Waals surface area (Å²) >= 11 is 0. The molecule has 0 aromatic carbocycles. The Morgan fingerprint density at radius 3 is 2.75 bits per heavy atom. The van der Waals surface area contributed by atoms with Gasteiger partial charge in [-0.15, -0.1) is 0 Å². The molecular weight excluding hydrogens is 254 g/mol. The fourth-order valence-corrected chi connectivity index (χ4v) is 3.37. The Bertz CT molecular complexity index is 465. The van der Waals surface area contributed by atoms with E-state index in [0.717, 1.165) is 6.42 Å². The number of nitrogens with zero attached hydrogens (tertiary/aromatic N) is 2. The van der Waals surface area contributed by atoms with E-state index in [1.54, 1.807) is 7.11 Å². The lowest BCUT2D eigenvalue weighted by Crippen LogP contribution is -2.19. The molecule has 1 saturated carbocycles. The van der Waals surface area contributed by atoms with Crippen molar-refractivity contribution in [1.82, 2.24) is 10.1 Å². The first kappa shape index (κ1) is 13.8. The van der Waals surface area contributed by atoms with Gasteiger partial charge >= 0.3 is 0 Å². The Hall–Kier alpha value is -1.20. The Labute approximate surface area is 119 Å². The fraction of sp³-hybridized carbons (Fsp3) is 0.733. The molecule has 3 rings (SSSR count). The number of hydrogen-bond donors (Lipinski definition) is 1. The summed E-state index contributed by atoms with van der Waals surface area (Å²) in [6.45, 7) is 0. The normalized spacial score (nSPS) is 28.9. The third-order valence-corrected chi connectivity index (χ3v) is 4.48. The molecule has 0 spiro atoms. The van der Waals surface area contributed by atoms with E-state index in [1.807, 2.05) is 6.08 Å². The van der Waals surface area contributed by atoms with Crippen molar-refractivity contribution in [3.63, 3.8) is 0 Å². The van der Waals surface area contributed by atoms with Gasteiger partial charge in [0, 0.05) is 13.2 Å². The minimum atomic E-state index is -0.0353. The maximum Gasteiger partial charge on any atom is 0.233 e. The zero-order chi connectivity index (χ0) is 13.9. The minimum absolute atomic E-state index is 0.0353. The SMILES string of the molecule is COC(c1noc(C2C=CC(N)C2)n1)C1CCCCC1. The first-order valence-corrected chi connectivity index (χ1v) is 7.58. The molecule has 0 bridgehead atoms. The van der Waals surface area contributed by atoms with Crippen molar-refractivity contribution in [3.05, 3.63) is 23.9 Å². The van der Waals surface area contributed by atoms with Crippen LogP contribution in [-0.4, -0.2) is 23.3 Å². The van der Waals surface area contributed by atoms with Crippen LogP contribution in [0.2, 0.25) is 0 Å². The molecule has 3 atom stereocenters. The van der Waals surface area contributed by atoms with Gasteiger partial charge in [-0.2, -0.15) is 4.98 Å². The lowest BCUT2D eigenvalue weighted by molar-refractivity contribution is 0.0273. The van der Waals surface area contributed by atoms with Gasteiger partial charge in [-0.05, 0) is 25.2 Å². The van der Waals surface area contributed by atoms with Crippen LogP contribution in [0.5, 0.6) is 0 Å². The van der Waals surface area contributed by atoms with Crippen LogP contribution in [0.4, 0.5) is 0 Å². The number of ether oxygens (including phenoxy) is 1. The molecule has 2 aliphatic rings. The van der Waals surface area contributed by atoms with Gasteiger partial charge in [-0.1, -0.05) is 36.6 Å². The number of rotatable bonds is 4. The summed E-state index contributed by atoms with van der Waals surface area (Å²) in [5.41, 5.74) is 5.87. The second-order valence-electron chi connectivity index (χ2n) is 5.94. The van der Waals surface area contributed by atoms with Crippen molar-refractivity contribution >= 4 is 0 Å². The maximum atomic E-state index is 5.87. The van der Waals surface area contributed by atoms with Crippen molar-refractivity contribution in [2.45, 2.75) is 56.6 Å². The standard InChI is InChI=1S/C15H23N3O2/c1-19-13(10-5-3-2-4-6-10)14-17-15(20-18-14)11-7-8-12(16)9-11/h7-8,10-13H,2-6,9,16H2,1H3. The quantitative estimate of drug-likeness (QED) is 0.856. The second kappa shape index (κ2) is 6.06. The third-order valence-electron chi connectivity index (χ3n) is 4.48. The molecule has 0 amide bonds. The predicted molar refractivity (Wildman–Crippen MR) is 75.1 cm³/mol. The Morgan fingerprint density at radius 1 is 1.30 bits per heavy atom. The van der Waals surface area contributed by atoms with Gasteiger partial charge in [0.15, 0.2) is 0 Å². The van der Waals surface area contributed by atoms with Crippen LogP contribution in [0.3, 0.4) is 0 Å². The van der Waals surface area contributed by atoms with Crippen LogP contribution < -0.4 is 5.73 Å². The minimum Gasteiger partial charge on any atom is -0.373 e. The molecule has 5 heteroatoms. The summed E-state index contributed by atoms with van der Waals surface area (Å²) in [5.74, 6) is 2.04. The second-order valence-corrected chi connectivity index (χ2v) is 5.94. The number of allylic oxidation sites excluding steroid dienone is 1. The smallest absolute Gasteiger partial charge is 0.233 e. The van der Waals surface area contributed by atoms with E-state index < -0.39 is 0 Å². The lowest BCUT2D eigenvalue weighted by Gasteiger charge is -2.26. The maximum absolute atomic E-state index is 5.87. The summed E-state index contributed by atoms with van der Waals surface area (Å²) in [6, 6.07) is 0.104. The van der Waals surface area contributed by atoms with Gasteiger partial charge < -0.3 is 15.0 Å². The summed E-state index contributed by atoms with van der Waals surface area (Å²) < 4.78 is 11.1.